The maximum Gasteiger partial charge on any atom is 0.334 e. The van der Waals surface area contributed by atoms with E-state index in [-0.39, 0.29) is 5.97 Å². The van der Waals surface area contributed by atoms with Gasteiger partial charge in [-0.15, -0.1) is 11.3 Å². The second-order valence-corrected chi connectivity index (χ2v) is 6.08. The molecule has 2 aromatic rings. The molecule has 0 amide bonds. The molecule has 3 nitrogen and oxygen atoms in total. The second-order valence-electron chi connectivity index (χ2n) is 4.28. The van der Waals surface area contributed by atoms with E-state index in [1.807, 2.05) is 49.6 Å². The highest BCUT2D eigenvalue weighted by Crippen LogP contribution is 2.31. The number of ether oxygens (including phenoxy) is 1. The molecule has 0 radical (unpaired) electrons. The van der Waals surface area contributed by atoms with E-state index in [0.717, 1.165) is 20.6 Å². The number of hydrogen-bond acceptors (Lipinski definition) is 4. The number of halogens is 1. The van der Waals surface area contributed by atoms with Gasteiger partial charge >= 0.3 is 5.97 Å². The van der Waals surface area contributed by atoms with Gasteiger partial charge in [0.15, 0.2) is 6.04 Å². The van der Waals surface area contributed by atoms with Crippen molar-refractivity contribution in [3.63, 3.8) is 0 Å². The molecule has 5 heteroatoms. The highest BCUT2D eigenvalue weighted by molar-refractivity contribution is 9.10. The Kier molecular flexibility index (Phi) is 5.20. The van der Waals surface area contributed by atoms with Gasteiger partial charge in [0.05, 0.1) is 6.61 Å². The lowest BCUT2D eigenvalue weighted by atomic mass is 10.1. The minimum absolute atomic E-state index is 0.256. The van der Waals surface area contributed by atoms with Gasteiger partial charge in [-0.2, -0.15) is 0 Å². The summed E-state index contributed by atoms with van der Waals surface area (Å²) in [7, 11) is 0. The molecule has 0 saturated heterocycles. The van der Waals surface area contributed by atoms with E-state index in [2.05, 4.69) is 21.2 Å². The van der Waals surface area contributed by atoms with Crippen molar-refractivity contribution in [1.29, 1.82) is 0 Å². The van der Waals surface area contributed by atoms with E-state index in [1.165, 1.54) is 0 Å². The number of rotatable bonds is 5. The molecule has 1 N–H and O–H groups in total. The first-order valence-electron chi connectivity index (χ1n) is 6.35. The Morgan fingerprint density at radius 2 is 2.15 bits per heavy atom. The summed E-state index contributed by atoms with van der Waals surface area (Å²) in [6.07, 6.45) is 0. The van der Waals surface area contributed by atoms with Gasteiger partial charge in [-0.25, -0.2) is 4.79 Å². The summed E-state index contributed by atoms with van der Waals surface area (Å²) in [6, 6.07) is 9.26. The number of para-hydroxylation sites is 1. The third-order valence-electron chi connectivity index (χ3n) is 2.86. The van der Waals surface area contributed by atoms with Gasteiger partial charge < -0.3 is 10.1 Å². The SMILES string of the molecule is CCOC(=O)C(Nc1ccccc1Br)c1sccc1C. The van der Waals surface area contributed by atoms with E-state index in [1.54, 1.807) is 11.3 Å². The van der Waals surface area contributed by atoms with Crippen LogP contribution < -0.4 is 5.32 Å². The molecule has 0 spiro atoms. The summed E-state index contributed by atoms with van der Waals surface area (Å²) in [4.78, 5) is 13.2. The zero-order valence-corrected chi connectivity index (χ0v) is 13.8. The Bertz CT molecular complexity index is 597. The molecule has 1 aromatic heterocycles. The van der Waals surface area contributed by atoms with Gasteiger partial charge in [0.25, 0.3) is 0 Å². The van der Waals surface area contributed by atoms with Gasteiger partial charge in [0, 0.05) is 15.0 Å². The van der Waals surface area contributed by atoms with Crippen LogP contribution in [0.15, 0.2) is 40.2 Å². The highest BCUT2D eigenvalue weighted by Gasteiger charge is 2.25. The van der Waals surface area contributed by atoms with Crippen LogP contribution in [-0.4, -0.2) is 12.6 Å². The third kappa shape index (κ3) is 3.41. The predicted molar refractivity (Wildman–Crippen MR) is 86.2 cm³/mol. The van der Waals surface area contributed by atoms with Crippen LogP contribution in [0, 0.1) is 6.92 Å². The molecule has 0 bridgehead atoms. The van der Waals surface area contributed by atoms with Crippen LogP contribution in [0.3, 0.4) is 0 Å². The smallest absolute Gasteiger partial charge is 0.334 e. The van der Waals surface area contributed by atoms with Crippen LogP contribution in [0.4, 0.5) is 5.69 Å². The van der Waals surface area contributed by atoms with Crippen LogP contribution in [0.1, 0.15) is 23.4 Å². The van der Waals surface area contributed by atoms with E-state index < -0.39 is 6.04 Å². The van der Waals surface area contributed by atoms with Gasteiger partial charge in [0.1, 0.15) is 0 Å². The number of thiophene rings is 1. The fraction of sp³-hybridized carbons (Fsp3) is 0.267. The molecule has 0 aliphatic rings. The van der Waals surface area contributed by atoms with Crippen LogP contribution in [0.2, 0.25) is 0 Å². The molecule has 20 heavy (non-hydrogen) atoms. The van der Waals surface area contributed by atoms with E-state index in [0.29, 0.717) is 6.61 Å². The number of nitrogens with one attached hydrogen (secondary N) is 1. The van der Waals surface area contributed by atoms with Crippen molar-refractivity contribution in [2.24, 2.45) is 0 Å². The molecule has 1 aromatic carbocycles. The lowest BCUT2D eigenvalue weighted by molar-refractivity contribution is -0.144. The first-order valence-corrected chi connectivity index (χ1v) is 8.02. The minimum Gasteiger partial charge on any atom is -0.464 e. The molecular weight excluding hydrogens is 338 g/mol. The number of carbonyl (C=O) groups is 1. The van der Waals surface area contributed by atoms with Crippen LogP contribution in [-0.2, 0) is 9.53 Å². The minimum atomic E-state index is -0.478. The van der Waals surface area contributed by atoms with Crippen molar-refractivity contribution in [3.8, 4) is 0 Å². The van der Waals surface area contributed by atoms with E-state index >= 15 is 0 Å². The zero-order valence-electron chi connectivity index (χ0n) is 11.4. The lowest BCUT2D eigenvalue weighted by Gasteiger charge is -2.19. The quantitative estimate of drug-likeness (QED) is 0.802. The van der Waals surface area contributed by atoms with Gasteiger partial charge in [-0.1, -0.05) is 12.1 Å². The average Bonchev–Trinajstić information content (AvgIpc) is 2.84. The Morgan fingerprint density at radius 3 is 2.75 bits per heavy atom. The molecule has 1 atom stereocenters. The molecule has 106 valence electrons. The Hall–Kier alpha value is -1.33. The molecule has 2 rings (SSSR count). The summed E-state index contributed by atoms with van der Waals surface area (Å²) < 4.78 is 6.10. The normalized spacial score (nSPS) is 11.9. The molecule has 0 aliphatic heterocycles. The van der Waals surface area contributed by atoms with E-state index in [9.17, 15) is 4.79 Å². The zero-order chi connectivity index (χ0) is 14.5. The summed E-state index contributed by atoms with van der Waals surface area (Å²) in [6.45, 7) is 4.19. The largest absolute Gasteiger partial charge is 0.464 e. The summed E-state index contributed by atoms with van der Waals surface area (Å²) in [5.74, 6) is -0.256. The Balaban J connectivity index is 2.31. The van der Waals surface area contributed by atoms with Crippen molar-refractivity contribution in [1.82, 2.24) is 0 Å². The topological polar surface area (TPSA) is 38.3 Å². The predicted octanol–water partition coefficient (Wildman–Crippen LogP) is 4.54. The molecule has 0 saturated carbocycles. The van der Waals surface area contributed by atoms with Crippen molar-refractivity contribution in [2.75, 3.05) is 11.9 Å². The second kappa shape index (κ2) is 6.90. The molecule has 1 heterocycles. The maximum absolute atomic E-state index is 12.2. The number of aryl methyl sites for hydroxylation is 1. The maximum atomic E-state index is 12.2. The van der Waals surface area contributed by atoms with Crippen LogP contribution in [0.25, 0.3) is 0 Å². The van der Waals surface area contributed by atoms with Crippen molar-refractivity contribution >= 4 is 38.9 Å². The van der Waals surface area contributed by atoms with Crippen LogP contribution >= 0.6 is 27.3 Å². The number of anilines is 1. The summed E-state index contributed by atoms with van der Waals surface area (Å²) >= 11 is 5.04. The number of hydrogen-bond donors (Lipinski definition) is 1. The number of carbonyl (C=O) groups excluding carboxylic acids is 1. The summed E-state index contributed by atoms with van der Waals surface area (Å²) in [5.41, 5.74) is 1.96. The van der Waals surface area contributed by atoms with E-state index in [4.69, 9.17) is 4.74 Å². The number of esters is 1. The highest BCUT2D eigenvalue weighted by atomic mass is 79.9. The Morgan fingerprint density at radius 1 is 1.40 bits per heavy atom. The molecular formula is C15H16BrNO2S. The van der Waals surface area contributed by atoms with Crippen molar-refractivity contribution < 1.29 is 9.53 Å². The first kappa shape index (κ1) is 15.1. The third-order valence-corrected chi connectivity index (χ3v) is 4.64. The van der Waals surface area contributed by atoms with Crippen molar-refractivity contribution in [3.05, 3.63) is 50.6 Å². The fourth-order valence-corrected chi connectivity index (χ4v) is 3.23. The van der Waals surface area contributed by atoms with Crippen LogP contribution in [0.5, 0.6) is 0 Å². The fourth-order valence-electron chi connectivity index (χ4n) is 1.87. The lowest BCUT2D eigenvalue weighted by Crippen LogP contribution is -2.23. The molecule has 0 fully saturated rings. The van der Waals surface area contributed by atoms with Crippen molar-refractivity contribution in [2.45, 2.75) is 19.9 Å². The van der Waals surface area contributed by atoms with Gasteiger partial charge in [-0.3, -0.25) is 0 Å². The number of benzene rings is 1. The summed E-state index contributed by atoms with van der Waals surface area (Å²) in [5, 5.41) is 5.25. The Labute approximate surface area is 131 Å². The monoisotopic (exact) mass is 353 g/mol. The molecule has 1 unspecified atom stereocenters. The van der Waals surface area contributed by atoms with Gasteiger partial charge in [-0.05, 0) is 58.9 Å². The average molecular weight is 354 g/mol. The first-order chi connectivity index (χ1) is 9.63. The van der Waals surface area contributed by atoms with Gasteiger partial charge in [0.2, 0.25) is 0 Å². The standard InChI is InChI=1S/C15H16BrNO2S/c1-3-19-15(18)13(14-10(2)8-9-20-14)17-12-7-5-4-6-11(12)16/h4-9,13,17H,3H2,1-2H3. The molecule has 0 aliphatic carbocycles.